The minimum absolute atomic E-state index is 0.105. The molecule has 106 valence electrons. The van der Waals surface area contributed by atoms with E-state index >= 15 is 0 Å². The van der Waals surface area contributed by atoms with Gasteiger partial charge in [0.1, 0.15) is 5.75 Å². The minimum Gasteiger partial charge on any atom is -0.465 e. The number of carbonyl (C=O) groups excluding carboxylic acids is 2. The molecule has 3 rings (SSSR count). The number of methoxy groups -OCH3 is 1. The highest BCUT2D eigenvalue weighted by Crippen LogP contribution is 2.39. The first-order valence-corrected chi connectivity index (χ1v) is 6.67. The highest BCUT2D eigenvalue weighted by atomic mass is 16.5. The number of esters is 2. The Kier molecular flexibility index (Phi) is 3.44. The summed E-state index contributed by atoms with van der Waals surface area (Å²) >= 11 is 0. The summed E-state index contributed by atoms with van der Waals surface area (Å²) in [7, 11) is 1.34. The zero-order valence-corrected chi connectivity index (χ0v) is 11.5. The number of hydrogen-bond donors (Lipinski definition) is 0. The number of fused-ring (bicyclic) bond motifs is 1. The van der Waals surface area contributed by atoms with Crippen molar-refractivity contribution in [2.75, 3.05) is 7.11 Å². The summed E-state index contributed by atoms with van der Waals surface area (Å²) in [5.41, 5.74) is 2.32. The Bertz CT molecular complexity index is 691. The standard InChI is InChI=1S/C17H14O4/c1-20-17(19)12-7-8-15-14(9-12)13(10-16(18)21-15)11-5-3-2-4-6-11/h2-9,13H,10H2,1H3/t13-/m1/s1. The van der Waals surface area contributed by atoms with Crippen molar-refractivity contribution in [2.24, 2.45) is 0 Å². The first kappa shape index (κ1) is 13.4. The fraction of sp³-hybridized carbons (Fsp3) is 0.176. The van der Waals surface area contributed by atoms with Gasteiger partial charge in [-0.3, -0.25) is 4.79 Å². The molecule has 0 saturated carbocycles. The Labute approximate surface area is 122 Å². The van der Waals surface area contributed by atoms with Crippen molar-refractivity contribution in [2.45, 2.75) is 12.3 Å². The Balaban J connectivity index is 2.09. The number of ether oxygens (including phenoxy) is 2. The second kappa shape index (κ2) is 5.40. The summed E-state index contributed by atoms with van der Waals surface area (Å²) in [6.45, 7) is 0. The Morgan fingerprint density at radius 3 is 2.67 bits per heavy atom. The van der Waals surface area contributed by atoms with Gasteiger partial charge in [-0.05, 0) is 23.8 Å². The lowest BCUT2D eigenvalue weighted by molar-refractivity contribution is -0.135. The Hall–Kier alpha value is -2.62. The molecule has 2 aromatic carbocycles. The molecule has 0 amide bonds. The van der Waals surface area contributed by atoms with Crippen LogP contribution in [0.5, 0.6) is 5.75 Å². The summed E-state index contributed by atoms with van der Waals surface area (Å²) in [6, 6.07) is 14.7. The van der Waals surface area contributed by atoms with Gasteiger partial charge in [-0.25, -0.2) is 4.79 Å². The first-order chi connectivity index (χ1) is 10.2. The molecule has 4 heteroatoms. The maximum atomic E-state index is 11.8. The highest BCUT2D eigenvalue weighted by Gasteiger charge is 2.29. The van der Waals surface area contributed by atoms with Crippen LogP contribution in [-0.2, 0) is 9.53 Å². The second-order valence-electron chi connectivity index (χ2n) is 4.89. The molecule has 0 radical (unpaired) electrons. The van der Waals surface area contributed by atoms with Crippen LogP contribution in [0.15, 0.2) is 48.5 Å². The van der Waals surface area contributed by atoms with Crippen LogP contribution in [0.4, 0.5) is 0 Å². The Morgan fingerprint density at radius 1 is 1.19 bits per heavy atom. The quantitative estimate of drug-likeness (QED) is 0.627. The number of hydrogen-bond acceptors (Lipinski definition) is 4. The Morgan fingerprint density at radius 2 is 1.95 bits per heavy atom. The molecule has 1 atom stereocenters. The molecule has 4 nitrogen and oxygen atoms in total. The second-order valence-corrected chi connectivity index (χ2v) is 4.89. The summed E-state index contributed by atoms with van der Waals surface area (Å²) in [4.78, 5) is 23.4. The lowest BCUT2D eigenvalue weighted by atomic mass is 9.85. The van der Waals surface area contributed by atoms with Gasteiger partial charge < -0.3 is 9.47 Å². The molecule has 0 N–H and O–H groups in total. The van der Waals surface area contributed by atoms with E-state index in [1.807, 2.05) is 30.3 Å². The van der Waals surface area contributed by atoms with Crippen LogP contribution in [-0.4, -0.2) is 19.0 Å². The summed E-state index contributed by atoms with van der Waals surface area (Å²) in [6.07, 6.45) is 0.266. The van der Waals surface area contributed by atoms with Crippen molar-refractivity contribution in [3.05, 3.63) is 65.2 Å². The van der Waals surface area contributed by atoms with Crippen molar-refractivity contribution in [1.82, 2.24) is 0 Å². The molecule has 0 bridgehead atoms. The van der Waals surface area contributed by atoms with Gasteiger partial charge in [0, 0.05) is 11.5 Å². The first-order valence-electron chi connectivity index (χ1n) is 6.67. The molecule has 0 spiro atoms. The lowest BCUT2D eigenvalue weighted by Gasteiger charge is -2.25. The van der Waals surface area contributed by atoms with E-state index in [4.69, 9.17) is 9.47 Å². The van der Waals surface area contributed by atoms with E-state index in [1.165, 1.54) is 7.11 Å². The monoisotopic (exact) mass is 282 g/mol. The van der Waals surface area contributed by atoms with Crippen LogP contribution in [0.3, 0.4) is 0 Å². The summed E-state index contributed by atoms with van der Waals surface area (Å²) in [5, 5.41) is 0. The normalized spacial score (nSPS) is 16.8. The largest absolute Gasteiger partial charge is 0.465 e. The van der Waals surface area contributed by atoms with Gasteiger partial charge in [-0.1, -0.05) is 30.3 Å². The SMILES string of the molecule is COC(=O)c1ccc2c(c1)[C@@H](c1ccccc1)CC(=O)O2. The smallest absolute Gasteiger partial charge is 0.337 e. The third-order valence-corrected chi connectivity index (χ3v) is 3.60. The van der Waals surface area contributed by atoms with Crippen LogP contribution < -0.4 is 4.74 Å². The number of carbonyl (C=O) groups is 2. The van der Waals surface area contributed by atoms with E-state index in [2.05, 4.69) is 0 Å². The molecule has 0 fully saturated rings. The van der Waals surface area contributed by atoms with Gasteiger partial charge in [-0.2, -0.15) is 0 Å². The fourth-order valence-electron chi connectivity index (χ4n) is 2.58. The zero-order chi connectivity index (χ0) is 14.8. The van der Waals surface area contributed by atoms with E-state index in [0.717, 1.165) is 11.1 Å². The van der Waals surface area contributed by atoms with Crippen LogP contribution in [0, 0.1) is 0 Å². The van der Waals surface area contributed by atoms with E-state index in [0.29, 0.717) is 11.3 Å². The van der Waals surface area contributed by atoms with Crippen LogP contribution in [0.25, 0.3) is 0 Å². The van der Waals surface area contributed by atoms with Gasteiger partial charge >= 0.3 is 11.9 Å². The van der Waals surface area contributed by atoms with E-state index in [-0.39, 0.29) is 18.3 Å². The summed E-state index contributed by atoms with van der Waals surface area (Å²) in [5.74, 6) is -0.261. The van der Waals surface area contributed by atoms with Crippen LogP contribution in [0.2, 0.25) is 0 Å². The molecule has 2 aromatic rings. The third-order valence-electron chi connectivity index (χ3n) is 3.60. The lowest BCUT2D eigenvalue weighted by Crippen LogP contribution is -2.21. The number of benzene rings is 2. The molecule has 21 heavy (non-hydrogen) atoms. The van der Waals surface area contributed by atoms with Crippen LogP contribution in [0.1, 0.15) is 33.8 Å². The molecular weight excluding hydrogens is 268 g/mol. The fourth-order valence-corrected chi connectivity index (χ4v) is 2.58. The van der Waals surface area contributed by atoms with Gasteiger partial charge in [0.2, 0.25) is 0 Å². The van der Waals surface area contributed by atoms with Gasteiger partial charge in [0.25, 0.3) is 0 Å². The van der Waals surface area contributed by atoms with E-state index < -0.39 is 5.97 Å². The predicted molar refractivity (Wildman–Crippen MR) is 76.3 cm³/mol. The molecule has 1 aliphatic rings. The molecule has 1 aliphatic heterocycles. The van der Waals surface area contributed by atoms with Crippen molar-refractivity contribution < 1.29 is 19.1 Å². The minimum atomic E-state index is -0.401. The predicted octanol–water partition coefficient (Wildman–Crippen LogP) is 2.91. The van der Waals surface area contributed by atoms with Crippen molar-refractivity contribution in [3.63, 3.8) is 0 Å². The molecule has 0 saturated heterocycles. The molecular formula is C17H14O4. The maximum Gasteiger partial charge on any atom is 0.337 e. The number of rotatable bonds is 2. The van der Waals surface area contributed by atoms with E-state index in [1.54, 1.807) is 18.2 Å². The molecule has 0 aromatic heterocycles. The highest BCUT2D eigenvalue weighted by molar-refractivity contribution is 5.90. The molecule has 0 aliphatic carbocycles. The maximum absolute atomic E-state index is 11.8. The van der Waals surface area contributed by atoms with Crippen LogP contribution >= 0.6 is 0 Å². The zero-order valence-electron chi connectivity index (χ0n) is 11.5. The molecule has 0 unspecified atom stereocenters. The van der Waals surface area contributed by atoms with Gasteiger partial charge in [0.05, 0.1) is 19.1 Å². The van der Waals surface area contributed by atoms with Crippen molar-refractivity contribution in [1.29, 1.82) is 0 Å². The van der Waals surface area contributed by atoms with E-state index in [9.17, 15) is 9.59 Å². The average molecular weight is 282 g/mol. The van der Waals surface area contributed by atoms with Gasteiger partial charge in [0.15, 0.2) is 0 Å². The summed E-state index contributed by atoms with van der Waals surface area (Å²) < 4.78 is 10.0. The van der Waals surface area contributed by atoms with Gasteiger partial charge in [-0.15, -0.1) is 0 Å². The van der Waals surface area contributed by atoms with Crippen molar-refractivity contribution in [3.8, 4) is 5.75 Å². The average Bonchev–Trinajstić information content (AvgIpc) is 2.53. The van der Waals surface area contributed by atoms with Crippen molar-refractivity contribution >= 4 is 11.9 Å². The molecule has 1 heterocycles. The third kappa shape index (κ3) is 2.52. The topological polar surface area (TPSA) is 52.6 Å².